The second-order valence-corrected chi connectivity index (χ2v) is 2.75. The van der Waals surface area contributed by atoms with Gasteiger partial charge in [-0.3, -0.25) is 0 Å². The van der Waals surface area contributed by atoms with Crippen LogP contribution in [-0.2, 0) is 0 Å². The van der Waals surface area contributed by atoms with Crippen molar-refractivity contribution in [1.29, 1.82) is 0 Å². The van der Waals surface area contributed by atoms with Gasteiger partial charge in [0.15, 0.2) is 11.5 Å². The Morgan fingerprint density at radius 2 is 1.67 bits per heavy atom. The molecule has 0 aliphatic rings. The Hall–Kier alpha value is -1.03. The maximum atomic E-state index is 5.61. The number of ether oxygens (including phenoxy) is 2. The molecular formula is C8H11NO2S. The summed E-state index contributed by atoms with van der Waals surface area (Å²) in [5.41, 5.74) is 6.19. The Morgan fingerprint density at radius 3 is 2.17 bits per heavy atom. The highest BCUT2D eigenvalue weighted by Gasteiger charge is 2.05. The third-order valence-corrected chi connectivity index (χ3v) is 1.92. The van der Waals surface area contributed by atoms with E-state index in [1.807, 2.05) is 0 Å². The van der Waals surface area contributed by atoms with Crippen molar-refractivity contribution in [3.05, 3.63) is 12.1 Å². The third kappa shape index (κ3) is 1.58. The molecule has 0 bridgehead atoms. The molecule has 0 aromatic heterocycles. The Morgan fingerprint density at radius 1 is 1.17 bits per heavy atom. The highest BCUT2D eigenvalue weighted by molar-refractivity contribution is 7.80. The van der Waals surface area contributed by atoms with Crippen LogP contribution < -0.4 is 15.2 Å². The van der Waals surface area contributed by atoms with E-state index in [2.05, 4.69) is 12.6 Å². The third-order valence-electron chi connectivity index (χ3n) is 1.53. The van der Waals surface area contributed by atoms with Gasteiger partial charge in [-0.1, -0.05) is 0 Å². The van der Waals surface area contributed by atoms with E-state index in [1.54, 1.807) is 26.4 Å². The second-order valence-electron chi connectivity index (χ2n) is 2.27. The first-order valence-electron chi connectivity index (χ1n) is 3.39. The maximum absolute atomic E-state index is 5.61. The van der Waals surface area contributed by atoms with E-state index >= 15 is 0 Å². The van der Waals surface area contributed by atoms with E-state index in [0.29, 0.717) is 22.1 Å². The summed E-state index contributed by atoms with van der Waals surface area (Å²) in [7, 11) is 3.14. The number of hydrogen-bond acceptors (Lipinski definition) is 4. The van der Waals surface area contributed by atoms with Crippen LogP contribution in [0.15, 0.2) is 17.0 Å². The van der Waals surface area contributed by atoms with Gasteiger partial charge in [-0.05, 0) is 6.07 Å². The first-order valence-corrected chi connectivity index (χ1v) is 3.84. The minimum atomic E-state index is 0.580. The van der Waals surface area contributed by atoms with Crippen LogP contribution >= 0.6 is 12.6 Å². The lowest BCUT2D eigenvalue weighted by atomic mass is 10.3. The van der Waals surface area contributed by atoms with Crippen LogP contribution in [0.4, 0.5) is 5.69 Å². The van der Waals surface area contributed by atoms with Crippen LogP contribution in [0.25, 0.3) is 0 Å². The molecular weight excluding hydrogens is 174 g/mol. The van der Waals surface area contributed by atoms with E-state index in [1.165, 1.54) is 0 Å². The Kier molecular flexibility index (Phi) is 2.70. The predicted molar refractivity (Wildman–Crippen MR) is 51.2 cm³/mol. The molecule has 0 fully saturated rings. The number of hydrogen-bond donors (Lipinski definition) is 2. The van der Waals surface area contributed by atoms with Crippen molar-refractivity contribution < 1.29 is 9.47 Å². The molecule has 0 heterocycles. The lowest BCUT2D eigenvalue weighted by Crippen LogP contribution is -1.94. The number of methoxy groups -OCH3 is 2. The van der Waals surface area contributed by atoms with Crippen molar-refractivity contribution >= 4 is 18.3 Å². The fourth-order valence-electron chi connectivity index (χ4n) is 0.884. The average molecular weight is 185 g/mol. The van der Waals surface area contributed by atoms with Crippen LogP contribution in [-0.4, -0.2) is 14.2 Å². The van der Waals surface area contributed by atoms with Gasteiger partial charge in [0.2, 0.25) is 0 Å². The molecule has 0 atom stereocenters. The van der Waals surface area contributed by atoms with Gasteiger partial charge in [0.1, 0.15) is 0 Å². The molecule has 3 nitrogen and oxygen atoms in total. The van der Waals surface area contributed by atoms with Gasteiger partial charge in [-0.25, -0.2) is 0 Å². The van der Waals surface area contributed by atoms with Crippen LogP contribution in [0.1, 0.15) is 0 Å². The number of benzene rings is 1. The molecule has 0 saturated carbocycles. The standard InChI is InChI=1S/C8H11NO2S/c1-10-6-3-5(9)8(12)4-7(6)11-2/h3-4,12H,9H2,1-2H3. The smallest absolute Gasteiger partial charge is 0.162 e. The van der Waals surface area contributed by atoms with Crippen LogP contribution in [0.5, 0.6) is 11.5 Å². The normalized spacial score (nSPS) is 9.58. The minimum Gasteiger partial charge on any atom is -0.493 e. The fourth-order valence-corrected chi connectivity index (χ4v) is 1.07. The number of thiol groups is 1. The first kappa shape index (κ1) is 9.06. The molecule has 0 amide bonds. The van der Waals surface area contributed by atoms with Crippen LogP contribution in [0.2, 0.25) is 0 Å². The summed E-state index contributed by atoms with van der Waals surface area (Å²) >= 11 is 4.15. The molecule has 1 aromatic carbocycles. The zero-order valence-electron chi connectivity index (χ0n) is 7.00. The summed E-state index contributed by atoms with van der Waals surface area (Å²) < 4.78 is 10.1. The summed E-state index contributed by atoms with van der Waals surface area (Å²) in [6, 6.07) is 3.40. The number of nitrogen functional groups attached to an aromatic ring is 1. The molecule has 1 rings (SSSR count). The van der Waals surface area contributed by atoms with Crippen molar-refractivity contribution in [2.24, 2.45) is 0 Å². The average Bonchev–Trinajstić information content (AvgIpc) is 2.09. The zero-order chi connectivity index (χ0) is 9.14. The van der Waals surface area contributed by atoms with Gasteiger partial charge in [0.05, 0.1) is 14.2 Å². The molecule has 0 radical (unpaired) electrons. The van der Waals surface area contributed by atoms with E-state index < -0.39 is 0 Å². The predicted octanol–water partition coefficient (Wildman–Crippen LogP) is 1.57. The van der Waals surface area contributed by atoms with Gasteiger partial charge >= 0.3 is 0 Å². The lowest BCUT2D eigenvalue weighted by Gasteiger charge is -2.09. The van der Waals surface area contributed by atoms with Crippen molar-refractivity contribution in [2.75, 3.05) is 20.0 Å². The summed E-state index contributed by atoms with van der Waals surface area (Å²) in [5.74, 6) is 1.25. The highest BCUT2D eigenvalue weighted by atomic mass is 32.1. The topological polar surface area (TPSA) is 44.5 Å². The lowest BCUT2D eigenvalue weighted by molar-refractivity contribution is 0.354. The van der Waals surface area contributed by atoms with Gasteiger partial charge in [0, 0.05) is 16.6 Å². The SMILES string of the molecule is COc1cc(N)c(S)cc1OC. The minimum absolute atomic E-state index is 0.580. The van der Waals surface area contributed by atoms with Gasteiger partial charge in [-0.15, -0.1) is 12.6 Å². The molecule has 1 aromatic rings. The summed E-state index contributed by atoms with van der Waals surface area (Å²) in [6.07, 6.45) is 0. The largest absolute Gasteiger partial charge is 0.493 e. The monoisotopic (exact) mass is 185 g/mol. The maximum Gasteiger partial charge on any atom is 0.162 e. The van der Waals surface area contributed by atoms with E-state index in [9.17, 15) is 0 Å². The van der Waals surface area contributed by atoms with Gasteiger partial charge in [0.25, 0.3) is 0 Å². The molecule has 2 N–H and O–H groups in total. The highest BCUT2D eigenvalue weighted by Crippen LogP contribution is 2.33. The first-order chi connectivity index (χ1) is 5.69. The number of anilines is 1. The summed E-state index contributed by atoms with van der Waals surface area (Å²) in [5, 5.41) is 0. The fraction of sp³-hybridized carbons (Fsp3) is 0.250. The van der Waals surface area contributed by atoms with Crippen molar-refractivity contribution in [2.45, 2.75) is 4.90 Å². The van der Waals surface area contributed by atoms with E-state index in [4.69, 9.17) is 15.2 Å². The van der Waals surface area contributed by atoms with Gasteiger partial charge in [-0.2, -0.15) is 0 Å². The second kappa shape index (κ2) is 3.58. The number of nitrogens with two attached hydrogens (primary N) is 1. The Labute approximate surface area is 76.9 Å². The van der Waals surface area contributed by atoms with Crippen molar-refractivity contribution in [1.82, 2.24) is 0 Å². The Bertz CT molecular complexity index is 260. The molecule has 12 heavy (non-hydrogen) atoms. The molecule has 0 aliphatic heterocycles. The van der Waals surface area contributed by atoms with E-state index in [-0.39, 0.29) is 0 Å². The van der Waals surface area contributed by atoms with Crippen molar-refractivity contribution in [3.63, 3.8) is 0 Å². The molecule has 0 unspecified atom stereocenters. The van der Waals surface area contributed by atoms with Crippen LogP contribution in [0, 0.1) is 0 Å². The molecule has 66 valence electrons. The van der Waals surface area contributed by atoms with Crippen molar-refractivity contribution in [3.8, 4) is 11.5 Å². The molecule has 0 spiro atoms. The van der Waals surface area contributed by atoms with E-state index in [0.717, 1.165) is 0 Å². The zero-order valence-corrected chi connectivity index (χ0v) is 7.89. The summed E-state index contributed by atoms with van der Waals surface area (Å²) in [4.78, 5) is 0.688. The molecule has 0 aliphatic carbocycles. The molecule has 0 saturated heterocycles. The quantitative estimate of drug-likeness (QED) is 0.543. The van der Waals surface area contributed by atoms with Crippen LogP contribution in [0.3, 0.4) is 0 Å². The van der Waals surface area contributed by atoms with Gasteiger partial charge < -0.3 is 15.2 Å². The summed E-state index contributed by atoms with van der Waals surface area (Å²) in [6.45, 7) is 0. The molecule has 4 heteroatoms. The number of rotatable bonds is 2. The Balaban J connectivity index is 3.19.